The molecule has 10 fully saturated rings. The molecule has 0 radical (unpaired) electrons. The van der Waals surface area contributed by atoms with Gasteiger partial charge in [0.2, 0.25) is 62.4 Å². The fraction of sp³-hybridized carbons (Fsp3) is 0.730. The van der Waals surface area contributed by atoms with Crippen LogP contribution in [0.4, 0.5) is 17.6 Å². The predicted molar refractivity (Wildman–Crippen MR) is 454 cm³/mol. The number of aryl methyl sites for hydroxylation is 2. The maximum Gasteiger partial charge on any atom is 0.326 e. The van der Waals surface area contributed by atoms with Crippen LogP contribution in [0.1, 0.15) is 229 Å². The molecule has 19 atom stereocenters. The summed E-state index contributed by atoms with van der Waals surface area (Å²) >= 11 is 0. The average molecular weight is 1800 g/mol. The summed E-state index contributed by atoms with van der Waals surface area (Å²) in [5.74, 6) is -5.49. The minimum Gasteiger partial charge on any atom is -0.497 e. The number of esters is 2. The lowest BCUT2D eigenvalue weighted by atomic mass is 9.77. The van der Waals surface area contributed by atoms with E-state index in [0.717, 1.165) is 80.3 Å². The Bertz CT molecular complexity index is 4920. The molecule has 5 heterocycles. The molecule has 124 heavy (non-hydrogen) atoms. The number of ketones is 1. The minimum absolute atomic E-state index is 0. The second-order valence-corrected chi connectivity index (χ2v) is 43.8. The first-order valence-electron chi connectivity index (χ1n) is 43.4. The summed E-state index contributed by atoms with van der Waals surface area (Å²) in [5.41, 5.74) is 4.25. The van der Waals surface area contributed by atoms with Crippen LogP contribution in [-0.2, 0) is 80.7 Å². The van der Waals surface area contributed by atoms with E-state index in [0.29, 0.717) is 90.0 Å². The first kappa shape index (κ1) is 96.8. The third-order valence-corrected chi connectivity index (χ3v) is 33.1. The summed E-state index contributed by atoms with van der Waals surface area (Å²) in [4.78, 5) is 130. The number of Topliss-reactive ketones (excluding diaryl/α,β-unsaturated/α-hetero) is 1. The van der Waals surface area contributed by atoms with Gasteiger partial charge in [0.25, 0.3) is 5.91 Å². The van der Waals surface area contributed by atoms with E-state index in [1.165, 1.54) is 62.9 Å². The number of hydrogen-bond acceptors (Lipinski definition) is 23. The number of methoxy groups -OCH3 is 3. The number of fused-ring (bicyclic) bond motifs is 9. The van der Waals surface area contributed by atoms with Gasteiger partial charge in [-0.05, 0) is 187 Å². The SMILES string of the molecule is C.CC1(S(=O)(=O)NC(=O)[C@@]2(N)C[C@H]2C(F)F)CC1.COC(=O)C[C@H](C(=O)N1C[C@H](Oc2nc3cc(OC)ccc3nc2CCCCC[C@H]2CC[C@@H]3C[C@H]23)[C@@H](C)[C@H]1C(=O)O)C(C)(C)C.COc1ccc2nc3c(nc2c1)O[C@H]1CN(C(=O)[C@H](C(C)(C)C)CC(=O)O[C@@H]2C[C@@H]4C[C@@H]4[C@H]2CCCCC3)[C@H](C(=O)C[C@]2(C(=O)NS(=O)(=O)C3(C)CC3)C[C@H]2C(F)F)[C@@H]1C.Cl. The topological polar surface area (TPSA) is 389 Å². The highest BCUT2D eigenvalue weighted by atomic mass is 35.5. The van der Waals surface area contributed by atoms with Gasteiger partial charge < -0.3 is 49.1 Å². The van der Waals surface area contributed by atoms with Gasteiger partial charge in [0.1, 0.15) is 52.8 Å². The highest BCUT2D eigenvalue weighted by Gasteiger charge is 2.68. The van der Waals surface area contributed by atoms with Crippen molar-refractivity contribution in [3.63, 3.8) is 0 Å². The summed E-state index contributed by atoms with van der Waals surface area (Å²) < 4.78 is 140. The number of nitrogens with two attached hydrogens (primary N) is 1. The molecule has 2 aromatic carbocycles. The zero-order valence-electron chi connectivity index (χ0n) is 72.6. The number of halogens is 5. The van der Waals surface area contributed by atoms with Crippen LogP contribution >= 0.6 is 12.4 Å². The number of sulfonamides is 2. The number of rotatable bonds is 25. The number of carboxylic acid groups (broad SMARTS) is 1. The molecule has 35 heteroatoms. The maximum atomic E-state index is 15.0. The van der Waals surface area contributed by atoms with Gasteiger partial charge in [-0.3, -0.25) is 43.0 Å². The molecule has 2 saturated heterocycles. The molecule has 4 amide bonds. The molecular formula is C89H126ClF4N9O19S2. The Hall–Kier alpha value is -7.85. The Morgan fingerprint density at radius 1 is 0.685 bits per heavy atom. The molecule has 0 spiro atoms. The fourth-order valence-electron chi connectivity index (χ4n) is 19.6. The monoisotopic (exact) mass is 1800 g/mol. The zero-order chi connectivity index (χ0) is 88.6. The van der Waals surface area contributed by atoms with Crippen molar-refractivity contribution < 1.29 is 106 Å². The van der Waals surface area contributed by atoms with Crippen molar-refractivity contribution >= 4 is 102 Å². The number of aromatic nitrogens is 4. The molecule has 8 saturated carbocycles. The van der Waals surface area contributed by atoms with Crippen LogP contribution in [0.15, 0.2) is 36.4 Å². The van der Waals surface area contributed by atoms with Gasteiger partial charge in [-0.2, -0.15) is 0 Å². The van der Waals surface area contributed by atoms with Crippen molar-refractivity contribution in [1.29, 1.82) is 0 Å². The highest BCUT2D eigenvalue weighted by Crippen LogP contribution is 2.61. The Morgan fingerprint density at radius 3 is 1.85 bits per heavy atom. The lowest BCUT2D eigenvalue weighted by Gasteiger charge is -2.35. The molecule has 11 aliphatic rings. The lowest BCUT2D eigenvalue weighted by molar-refractivity contribution is -0.158. The van der Waals surface area contributed by atoms with Crippen molar-refractivity contribution in [3.05, 3.63) is 47.8 Å². The number of carboxylic acids is 1. The molecule has 3 aliphatic heterocycles. The Balaban J connectivity index is 0.000000205. The molecule has 28 nitrogen and oxygen atoms in total. The molecule has 2 bridgehead atoms. The van der Waals surface area contributed by atoms with Gasteiger partial charge in [0.05, 0.1) is 102 Å². The molecule has 5 N–H and O–H groups in total. The second-order valence-electron chi connectivity index (χ2n) is 39.4. The van der Waals surface area contributed by atoms with Crippen LogP contribution in [0.3, 0.4) is 0 Å². The summed E-state index contributed by atoms with van der Waals surface area (Å²) in [7, 11) is -3.57. The van der Waals surface area contributed by atoms with E-state index in [1.54, 1.807) is 46.3 Å². The van der Waals surface area contributed by atoms with Crippen molar-refractivity contribution in [2.75, 3.05) is 34.4 Å². The van der Waals surface area contributed by atoms with Crippen LogP contribution in [0.5, 0.6) is 23.3 Å². The van der Waals surface area contributed by atoms with Crippen LogP contribution < -0.4 is 34.1 Å². The van der Waals surface area contributed by atoms with Crippen molar-refractivity contribution in [3.8, 4) is 23.3 Å². The number of ether oxygens (including phenoxy) is 6. The van der Waals surface area contributed by atoms with Crippen LogP contribution in [0, 0.1) is 87.3 Å². The van der Waals surface area contributed by atoms with Crippen LogP contribution in [-0.4, -0.2) is 192 Å². The van der Waals surface area contributed by atoms with Gasteiger partial charge in [-0.15, -0.1) is 12.4 Å². The van der Waals surface area contributed by atoms with E-state index in [-0.39, 0.29) is 76.5 Å². The smallest absolute Gasteiger partial charge is 0.326 e. The van der Waals surface area contributed by atoms with E-state index in [4.69, 9.17) is 54.1 Å². The van der Waals surface area contributed by atoms with Gasteiger partial charge in [0.15, 0.2) is 5.78 Å². The number of carbonyl (C=O) groups excluding carboxylic acids is 7. The van der Waals surface area contributed by atoms with Gasteiger partial charge >= 0.3 is 17.9 Å². The van der Waals surface area contributed by atoms with Crippen molar-refractivity contribution in [2.45, 2.75) is 289 Å². The summed E-state index contributed by atoms with van der Waals surface area (Å²) in [6.07, 6.45) is 8.17. The summed E-state index contributed by atoms with van der Waals surface area (Å²) in [5, 5.41) is 10.2. The Kier molecular flexibility index (Phi) is 28.9. The maximum absolute atomic E-state index is 15.0. The predicted octanol–water partition coefficient (Wildman–Crippen LogP) is 12.9. The lowest BCUT2D eigenvalue weighted by Crippen LogP contribution is -2.50. The Labute approximate surface area is 730 Å². The first-order chi connectivity index (χ1) is 57.3. The number of amides is 4. The van der Waals surface area contributed by atoms with E-state index in [9.17, 15) is 73.1 Å². The quantitative estimate of drug-likeness (QED) is 0.0272. The van der Waals surface area contributed by atoms with Crippen molar-refractivity contribution in [1.82, 2.24) is 39.2 Å². The number of alkyl halides is 4. The van der Waals surface area contributed by atoms with Crippen molar-refractivity contribution in [2.24, 2.45) is 93.0 Å². The largest absolute Gasteiger partial charge is 0.497 e. The van der Waals surface area contributed by atoms with Gasteiger partial charge in [-0.1, -0.05) is 94.9 Å². The second kappa shape index (κ2) is 37.1. The average Bonchev–Trinajstić information content (AvgIpc) is 1.55. The van der Waals surface area contributed by atoms with Crippen LogP contribution in [0.2, 0.25) is 0 Å². The van der Waals surface area contributed by atoms with E-state index < -0.39 is 178 Å². The zero-order valence-corrected chi connectivity index (χ0v) is 75.1. The number of likely N-dealkylation sites (tertiary alicyclic amines) is 1. The highest BCUT2D eigenvalue weighted by molar-refractivity contribution is 7.92. The van der Waals surface area contributed by atoms with Crippen LogP contribution in [0.25, 0.3) is 22.1 Å². The molecule has 0 unspecified atom stereocenters. The molecule has 4 aromatic rings. The first-order valence-corrected chi connectivity index (χ1v) is 46.4. The normalized spacial score (nSPS) is 30.8. The molecule has 15 rings (SSSR count). The minimum atomic E-state index is -4.20. The molecule has 8 aliphatic carbocycles. The van der Waals surface area contributed by atoms with E-state index in [1.807, 2.05) is 69.2 Å². The Morgan fingerprint density at radius 2 is 1.30 bits per heavy atom. The third kappa shape index (κ3) is 20.6. The summed E-state index contributed by atoms with van der Waals surface area (Å²) in [6.45, 7) is 17.6. The number of carbonyl (C=O) groups is 8. The number of nitrogens with one attached hydrogen (secondary N) is 2. The number of aliphatic carboxylic acids is 1. The van der Waals surface area contributed by atoms with E-state index >= 15 is 4.79 Å². The number of nitrogens with zero attached hydrogens (tertiary/aromatic N) is 6. The number of hydrogen-bond donors (Lipinski definition) is 4. The third-order valence-electron chi connectivity index (χ3n) is 28.8. The molecule has 688 valence electrons. The standard InChI is InChI=1S/C44H58F2N4O9S.C35H49N3O7.C9H14F2N2O3S.CH4.ClH/c1-23-35-22-50(37(23)33(51)21-44(20-29(44)38(45)46)41(54)49-60(55,56)43(5)14-15-43)40(53)28(42(2,3)4)19-36(52)58-34-17-24-16-27(24)26(34)10-8-7-9-11-31-39(59-35)48-32-18-25(57-6)12-13-30(32)47-31;1-20-29(19-38(31(20)34(41)42)33(40)25(35(2,3)4)18-30(39)44-6)45-32-27(36-26-15-14-23(43-5)17-28(26)37-32)11-9-7-8-10-21-12-13-22-16-24(21)22;1-8(2-3-8)17(15,16)13-7(14)9(12)4-5(9)6(10)11;;/h12-13,18,23-24,26-29,34-35,37-38H,7-11,14-17,19-22H2,1-6H3,(H,49,54);14-15,17,20-22,24-25,29,31H,7-13,16,18-19H2,1-6H3,(H,41,42);5-6H,2-4,12H2,1H3,(H,13,14);1H4;1H/t23-,24+,26-,27+,28-,29+,34-,35+,37+,44-;20-,21+,22-,24-,25-,29+,31+;5-,9+;;/m110../s1. The van der Waals surface area contributed by atoms with E-state index in [2.05, 4.69) is 0 Å². The fourth-order valence-corrected chi connectivity index (χ4v) is 22.2. The number of benzene rings is 2. The van der Waals surface area contributed by atoms with Gasteiger partial charge in [-0.25, -0.2) is 59.1 Å². The molecular weight excluding hydrogens is 1670 g/mol. The van der Waals surface area contributed by atoms with Gasteiger partial charge in [0, 0.05) is 42.2 Å². The summed E-state index contributed by atoms with van der Waals surface area (Å²) in [6, 6.07) is 8.56. The molecule has 2 aromatic heterocycles. The number of unbranched alkanes of at least 4 members (excludes halogenated alkanes) is 2.